The molecule has 30 heavy (non-hydrogen) atoms. The monoisotopic (exact) mass is 644 g/mol. The molecule has 0 aliphatic rings. The topological polar surface area (TPSA) is 70.7 Å². The Morgan fingerprint density at radius 1 is 0.900 bits per heavy atom. The highest BCUT2D eigenvalue weighted by Gasteiger charge is 2.15. The average Bonchev–Trinajstić information content (AvgIpc) is 3.07. The quantitative estimate of drug-likeness (QED) is 0.309. The number of rotatable bonds is 6. The second-order valence-electron chi connectivity index (χ2n) is 5.17. The maximum absolute atomic E-state index is 13.1. The predicted molar refractivity (Wildman–Crippen MR) is 107 cm³/mol. The molecule has 0 aliphatic carbocycles. The lowest BCUT2D eigenvalue weighted by Gasteiger charge is -2.07. The van der Waals surface area contributed by atoms with E-state index in [4.69, 9.17) is 16.3 Å². The summed E-state index contributed by atoms with van der Waals surface area (Å²) in [4.78, 5) is 7.48. The van der Waals surface area contributed by atoms with Gasteiger partial charge in [-0.2, -0.15) is 9.97 Å². The molecule has 0 amide bonds. The molecule has 2 heterocycles. The molecule has 0 saturated heterocycles. The van der Waals surface area contributed by atoms with Crippen molar-refractivity contribution in [2.45, 2.75) is 25.9 Å². The molecule has 0 bridgehead atoms. The standard InChI is InChI=1S/C10H6BrClF3N3O.C4H3Br2F2N3/c11-9-16-10(18(17-9)4-8(14)15)19-7-2-5(12)1-6(13)3-7;5-3-9-4(6)11(10-3)1-2(7)8/h1-3,8H,4H2;2H,1H2. The van der Waals surface area contributed by atoms with Crippen molar-refractivity contribution >= 4 is 59.4 Å². The van der Waals surface area contributed by atoms with Crippen LogP contribution >= 0.6 is 59.4 Å². The first-order chi connectivity index (χ1) is 14.0. The van der Waals surface area contributed by atoms with Crippen molar-refractivity contribution in [3.63, 3.8) is 0 Å². The van der Waals surface area contributed by atoms with Crippen molar-refractivity contribution < 1.29 is 26.7 Å². The van der Waals surface area contributed by atoms with Gasteiger partial charge in [0.25, 0.3) is 12.9 Å². The molecule has 1 aromatic carbocycles. The number of aromatic nitrogens is 6. The molecular formula is C14H9Br3ClF5N6O. The molecule has 0 unspecified atom stereocenters. The fourth-order valence-electron chi connectivity index (χ4n) is 1.86. The summed E-state index contributed by atoms with van der Waals surface area (Å²) in [7, 11) is 0. The average molecular weight is 647 g/mol. The van der Waals surface area contributed by atoms with Gasteiger partial charge in [-0.15, -0.1) is 10.2 Å². The normalized spacial score (nSPS) is 11.0. The Labute approximate surface area is 196 Å². The van der Waals surface area contributed by atoms with Crippen LogP contribution < -0.4 is 4.74 Å². The summed E-state index contributed by atoms with van der Waals surface area (Å²) in [5, 5.41) is 7.45. The van der Waals surface area contributed by atoms with E-state index < -0.39 is 31.8 Å². The van der Waals surface area contributed by atoms with Gasteiger partial charge in [0.2, 0.25) is 9.47 Å². The fraction of sp³-hybridized carbons (Fsp3) is 0.286. The molecule has 0 atom stereocenters. The Morgan fingerprint density at radius 2 is 1.47 bits per heavy atom. The summed E-state index contributed by atoms with van der Waals surface area (Å²) in [6.45, 7) is -1.13. The highest BCUT2D eigenvalue weighted by atomic mass is 79.9. The molecule has 16 heteroatoms. The third-order valence-electron chi connectivity index (χ3n) is 2.88. The van der Waals surface area contributed by atoms with Crippen LogP contribution in [0.5, 0.6) is 11.8 Å². The number of ether oxygens (including phenoxy) is 1. The van der Waals surface area contributed by atoms with Crippen LogP contribution in [0.2, 0.25) is 5.02 Å². The number of halogens is 9. The highest BCUT2D eigenvalue weighted by molar-refractivity contribution is 9.11. The van der Waals surface area contributed by atoms with Gasteiger partial charge >= 0.3 is 6.01 Å². The first kappa shape index (κ1) is 24.9. The van der Waals surface area contributed by atoms with Crippen LogP contribution in [0.15, 0.2) is 32.4 Å². The largest absolute Gasteiger partial charge is 0.424 e. The minimum Gasteiger partial charge on any atom is -0.424 e. The van der Waals surface area contributed by atoms with Crippen molar-refractivity contribution in [3.05, 3.63) is 43.2 Å². The van der Waals surface area contributed by atoms with E-state index in [1.54, 1.807) is 0 Å². The van der Waals surface area contributed by atoms with Crippen molar-refractivity contribution in [2.24, 2.45) is 0 Å². The molecule has 2 aromatic heterocycles. The number of alkyl halides is 4. The number of benzene rings is 1. The Hall–Kier alpha value is -1.32. The van der Waals surface area contributed by atoms with Crippen LogP contribution in [0.1, 0.15) is 0 Å². The third kappa shape index (κ3) is 8.07. The number of nitrogens with zero attached hydrogens (tertiary/aromatic N) is 6. The van der Waals surface area contributed by atoms with Gasteiger partial charge in [0, 0.05) is 11.1 Å². The summed E-state index contributed by atoms with van der Waals surface area (Å²) in [6.07, 6.45) is -5.04. The van der Waals surface area contributed by atoms with Gasteiger partial charge in [0.05, 0.1) is 0 Å². The summed E-state index contributed by atoms with van der Waals surface area (Å²) < 4.78 is 69.2. The molecular weight excluding hydrogens is 638 g/mol. The number of hydrogen-bond acceptors (Lipinski definition) is 5. The number of hydrogen-bond donors (Lipinski definition) is 0. The summed E-state index contributed by atoms with van der Waals surface area (Å²) >= 11 is 14.5. The Bertz CT molecular complexity index is 969. The lowest BCUT2D eigenvalue weighted by atomic mass is 10.3. The minimum atomic E-state index is -2.62. The molecule has 0 aliphatic heterocycles. The Kier molecular flexibility index (Phi) is 9.43. The van der Waals surface area contributed by atoms with E-state index in [0.29, 0.717) is 9.47 Å². The maximum atomic E-state index is 13.1. The zero-order valence-electron chi connectivity index (χ0n) is 14.3. The first-order valence-corrected chi connectivity index (χ1v) is 10.4. The fourth-order valence-corrected chi connectivity index (χ4v) is 3.41. The van der Waals surface area contributed by atoms with Crippen LogP contribution in [0.4, 0.5) is 22.0 Å². The summed E-state index contributed by atoms with van der Waals surface area (Å²) in [6, 6.07) is 3.30. The van der Waals surface area contributed by atoms with Gasteiger partial charge in [0.1, 0.15) is 24.7 Å². The van der Waals surface area contributed by atoms with Gasteiger partial charge in [0.15, 0.2) is 4.73 Å². The van der Waals surface area contributed by atoms with Crippen molar-refractivity contribution in [1.29, 1.82) is 0 Å². The van der Waals surface area contributed by atoms with E-state index in [2.05, 4.69) is 68.0 Å². The van der Waals surface area contributed by atoms with Gasteiger partial charge < -0.3 is 4.74 Å². The molecule has 0 radical (unpaired) electrons. The van der Waals surface area contributed by atoms with Crippen LogP contribution in [-0.2, 0) is 13.1 Å². The van der Waals surface area contributed by atoms with E-state index in [-0.39, 0.29) is 21.5 Å². The van der Waals surface area contributed by atoms with Gasteiger partial charge in [-0.25, -0.2) is 31.3 Å². The second kappa shape index (κ2) is 11.3. The van der Waals surface area contributed by atoms with Gasteiger partial charge in [-0.3, -0.25) is 0 Å². The Morgan fingerprint density at radius 3 is 2.00 bits per heavy atom. The zero-order chi connectivity index (χ0) is 22.4. The molecule has 7 nitrogen and oxygen atoms in total. The lowest BCUT2D eigenvalue weighted by molar-refractivity contribution is 0.117. The minimum absolute atomic E-state index is 0.0421. The second-order valence-corrected chi connectivity index (χ2v) is 7.73. The van der Waals surface area contributed by atoms with Gasteiger partial charge in [-0.1, -0.05) is 11.6 Å². The van der Waals surface area contributed by atoms with E-state index in [1.807, 2.05) is 0 Å². The molecule has 3 aromatic rings. The van der Waals surface area contributed by atoms with Crippen LogP contribution in [0, 0.1) is 5.82 Å². The molecule has 3 rings (SSSR count). The van der Waals surface area contributed by atoms with Crippen molar-refractivity contribution in [1.82, 2.24) is 29.5 Å². The highest BCUT2D eigenvalue weighted by Crippen LogP contribution is 2.26. The zero-order valence-corrected chi connectivity index (χ0v) is 19.8. The van der Waals surface area contributed by atoms with Crippen molar-refractivity contribution in [2.75, 3.05) is 0 Å². The van der Waals surface area contributed by atoms with Crippen LogP contribution in [0.25, 0.3) is 0 Å². The predicted octanol–water partition coefficient (Wildman–Crippen LogP) is 5.96. The third-order valence-corrected chi connectivity index (χ3v) is 4.36. The first-order valence-electron chi connectivity index (χ1n) is 7.60. The van der Waals surface area contributed by atoms with Gasteiger partial charge in [-0.05, 0) is 59.9 Å². The van der Waals surface area contributed by atoms with E-state index >= 15 is 0 Å². The Balaban J connectivity index is 0.000000248. The smallest absolute Gasteiger partial charge is 0.321 e. The molecule has 164 valence electrons. The SMILES string of the molecule is FC(F)Cn1nc(Br)nc1Br.Fc1cc(Cl)cc(Oc2nc(Br)nn2CC(F)F)c1. The van der Waals surface area contributed by atoms with E-state index in [1.165, 1.54) is 6.07 Å². The molecule has 0 saturated carbocycles. The summed E-state index contributed by atoms with van der Waals surface area (Å²) in [5.41, 5.74) is 0. The van der Waals surface area contributed by atoms with Crippen LogP contribution in [0.3, 0.4) is 0 Å². The summed E-state index contributed by atoms with van der Waals surface area (Å²) in [5.74, 6) is -0.568. The van der Waals surface area contributed by atoms with E-state index in [9.17, 15) is 22.0 Å². The maximum Gasteiger partial charge on any atom is 0.321 e. The molecule has 0 spiro atoms. The molecule has 0 fully saturated rings. The van der Waals surface area contributed by atoms with Crippen molar-refractivity contribution in [3.8, 4) is 11.8 Å². The molecule has 0 N–H and O–H groups in total. The lowest BCUT2D eigenvalue weighted by Crippen LogP contribution is -2.09. The van der Waals surface area contributed by atoms with Crippen LogP contribution in [-0.4, -0.2) is 42.4 Å². The van der Waals surface area contributed by atoms with E-state index in [0.717, 1.165) is 21.5 Å².